The molecule has 0 aliphatic carbocycles. The van der Waals surface area contributed by atoms with Crippen molar-refractivity contribution in [3.8, 4) is 5.75 Å². The zero-order valence-corrected chi connectivity index (χ0v) is 16.7. The number of hydrogen-bond donors (Lipinski definition) is 2. The number of anilines is 1. The molecule has 1 saturated heterocycles. The fourth-order valence-corrected chi connectivity index (χ4v) is 3.25. The zero-order valence-electron chi connectivity index (χ0n) is 16.7. The lowest BCUT2D eigenvalue weighted by Gasteiger charge is -2.22. The summed E-state index contributed by atoms with van der Waals surface area (Å²) in [5.41, 5.74) is -2.26. The van der Waals surface area contributed by atoms with Crippen LogP contribution in [0.4, 0.5) is 20.6 Å². The second kappa shape index (κ2) is 8.38. The van der Waals surface area contributed by atoms with Gasteiger partial charge in [-0.1, -0.05) is 18.2 Å². The van der Waals surface area contributed by atoms with E-state index in [0.717, 1.165) is 12.1 Å². The maximum atomic E-state index is 14.2. The molecule has 2 aromatic rings. The molecule has 31 heavy (non-hydrogen) atoms. The van der Waals surface area contributed by atoms with Gasteiger partial charge < -0.3 is 15.4 Å². The molecule has 4 amide bonds. The van der Waals surface area contributed by atoms with Crippen LogP contribution in [0, 0.1) is 15.9 Å². The van der Waals surface area contributed by atoms with E-state index in [4.69, 9.17) is 4.74 Å². The Morgan fingerprint density at radius 1 is 1.29 bits per heavy atom. The van der Waals surface area contributed by atoms with Gasteiger partial charge in [0.05, 0.1) is 17.6 Å². The van der Waals surface area contributed by atoms with Crippen LogP contribution < -0.4 is 15.4 Å². The fourth-order valence-electron chi connectivity index (χ4n) is 3.25. The predicted octanol–water partition coefficient (Wildman–Crippen LogP) is 2.54. The van der Waals surface area contributed by atoms with Crippen molar-refractivity contribution in [2.24, 2.45) is 0 Å². The second-order valence-corrected chi connectivity index (χ2v) is 6.84. The number of rotatable bonds is 7. The van der Waals surface area contributed by atoms with Crippen LogP contribution in [-0.4, -0.2) is 40.8 Å². The highest BCUT2D eigenvalue weighted by atomic mass is 19.1. The molecule has 1 atom stereocenters. The van der Waals surface area contributed by atoms with Crippen LogP contribution in [0.3, 0.4) is 0 Å². The van der Waals surface area contributed by atoms with Gasteiger partial charge in [0.2, 0.25) is 5.91 Å². The van der Waals surface area contributed by atoms with Gasteiger partial charge in [-0.15, -0.1) is 0 Å². The standard InChI is InChI=1S/C20H19FN4O6/c1-3-31-12-8-9-15(16(10-12)25(29)30)22-17(26)11-24-18(27)20(2,23-19(24)28)13-6-4-5-7-14(13)21/h4-10H,3,11H2,1-2H3,(H,22,26)(H,23,28). The Kier molecular flexibility index (Phi) is 5.86. The van der Waals surface area contributed by atoms with E-state index in [0.29, 0.717) is 11.5 Å². The number of carbonyl (C=O) groups excluding carboxylic acids is 3. The Morgan fingerprint density at radius 2 is 2.00 bits per heavy atom. The second-order valence-electron chi connectivity index (χ2n) is 6.84. The van der Waals surface area contributed by atoms with Gasteiger partial charge in [0.25, 0.3) is 11.6 Å². The van der Waals surface area contributed by atoms with E-state index in [1.54, 1.807) is 6.92 Å². The molecule has 0 saturated carbocycles. The van der Waals surface area contributed by atoms with E-state index in [9.17, 15) is 28.9 Å². The quantitative estimate of drug-likeness (QED) is 0.394. The third kappa shape index (κ3) is 4.15. The number of nitro benzene ring substituents is 1. The minimum absolute atomic E-state index is 0.0431. The van der Waals surface area contributed by atoms with Crippen molar-refractivity contribution in [2.75, 3.05) is 18.5 Å². The van der Waals surface area contributed by atoms with Crippen LogP contribution in [-0.2, 0) is 15.1 Å². The van der Waals surface area contributed by atoms with Crippen molar-refractivity contribution in [3.05, 3.63) is 64.0 Å². The Labute approximate surface area is 176 Å². The first-order valence-corrected chi connectivity index (χ1v) is 9.27. The van der Waals surface area contributed by atoms with Crippen molar-refractivity contribution in [3.63, 3.8) is 0 Å². The molecule has 11 heteroatoms. The lowest BCUT2D eigenvalue weighted by Crippen LogP contribution is -2.42. The molecule has 1 aliphatic heterocycles. The molecule has 1 heterocycles. The minimum atomic E-state index is -1.69. The molecule has 0 aromatic heterocycles. The van der Waals surface area contributed by atoms with E-state index in [1.165, 1.54) is 37.3 Å². The van der Waals surface area contributed by atoms with Crippen LogP contribution in [0.25, 0.3) is 0 Å². The molecule has 1 fully saturated rings. The Hall–Kier alpha value is -4.02. The fraction of sp³-hybridized carbons (Fsp3) is 0.250. The molecule has 1 aliphatic rings. The molecule has 2 aromatic carbocycles. The smallest absolute Gasteiger partial charge is 0.325 e. The summed E-state index contributed by atoms with van der Waals surface area (Å²) in [6.45, 7) is 2.64. The van der Waals surface area contributed by atoms with E-state index >= 15 is 0 Å². The van der Waals surface area contributed by atoms with Gasteiger partial charge in [-0.25, -0.2) is 9.18 Å². The Balaban J connectivity index is 1.78. The summed E-state index contributed by atoms with van der Waals surface area (Å²) in [5.74, 6) is -2.09. The van der Waals surface area contributed by atoms with E-state index < -0.39 is 46.4 Å². The number of nitro groups is 1. The molecular weight excluding hydrogens is 411 g/mol. The average Bonchev–Trinajstić information content (AvgIpc) is 2.93. The molecular formula is C20H19FN4O6. The zero-order chi connectivity index (χ0) is 22.8. The number of imide groups is 1. The highest BCUT2D eigenvalue weighted by molar-refractivity contribution is 6.10. The Morgan fingerprint density at radius 3 is 2.65 bits per heavy atom. The number of urea groups is 1. The SMILES string of the molecule is CCOc1ccc(NC(=O)CN2C(=O)NC(C)(c3ccccc3F)C2=O)c([N+](=O)[O-])c1. The molecule has 162 valence electrons. The molecule has 0 spiro atoms. The first-order chi connectivity index (χ1) is 14.7. The summed E-state index contributed by atoms with van der Waals surface area (Å²) in [6, 6.07) is 8.48. The summed E-state index contributed by atoms with van der Waals surface area (Å²) >= 11 is 0. The topological polar surface area (TPSA) is 131 Å². The predicted molar refractivity (Wildman–Crippen MR) is 107 cm³/mol. The van der Waals surface area contributed by atoms with Gasteiger partial charge in [0.1, 0.15) is 29.3 Å². The van der Waals surface area contributed by atoms with Gasteiger partial charge in [0.15, 0.2) is 0 Å². The third-order valence-electron chi connectivity index (χ3n) is 4.74. The number of amides is 4. The van der Waals surface area contributed by atoms with E-state index in [-0.39, 0.29) is 17.0 Å². The summed E-state index contributed by atoms with van der Waals surface area (Å²) in [4.78, 5) is 48.9. The summed E-state index contributed by atoms with van der Waals surface area (Å²) in [7, 11) is 0. The Bertz CT molecular complexity index is 1080. The summed E-state index contributed by atoms with van der Waals surface area (Å²) < 4.78 is 19.4. The molecule has 0 bridgehead atoms. The number of halogens is 1. The van der Waals surface area contributed by atoms with Crippen molar-refractivity contribution in [2.45, 2.75) is 19.4 Å². The summed E-state index contributed by atoms with van der Waals surface area (Å²) in [6.07, 6.45) is 0. The van der Waals surface area contributed by atoms with Crippen LogP contribution in [0.5, 0.6) is 5.75 Å². The number of nitrogens with zero attached hydrogens (tertiary/aromatic N) is 2. The van der Waals surface area contributed by atoms with Gasteiger partial charge >= 0.3 is 6.03 Å². The number of ether oxygens (including phenoxy) is 1. The first-order valence-electron chi connectivity index (χ1n) is 9.27. The number of nitrogens with one attached hydrogen (secondary N) is 2. The average molecular weight is 430 g/mol. The van der Waals surface area contributed by atoms with Gasteiger partial charge in [-0.3, -0.25) is 24.6 Å². The highest BCUT2D eigenvalue weighted by Gasteiger charge is 2.50. The lowest BCUT2D eigenvalue weighted by molar-refractivity contribution is -0.384. The minimum Gasteiger partial charge on any atom is -0.494 e. The number of carbonyl (C=O) groups is 3. The van der Waals surface area contributed by atoms with Crippen molar-refractivity contribution in [1.29, 1.82) is 0 Å². The first kappa shape index (κ1) is 21.7. The van der Waals surface area contributed by atoms with Gasteiger partial charge in [-0.2, -0.15) is 0 Å². The number of benzene rings is 2. The van der Waals surface area contributed by atoms with Crippen LogP contribution in [0.2, 0.25) is 0 Å². The maximum absolute atomic E-state index is 14.2. The normalized spacial score (nSPS) is 18.0. The van der Waals surface area contributed by atoms with Gasteiger partial charge in [-0.05, 0) is 32.0 Å². The molecule has 2 N–H and O–H groups in total. The van der Waals surface area contributed by atoms with Crippen LogP contribution >= 0.6 is 0 Å². The molecule has 0 radical (unpaired) electrons. The van der Waals surface area contributed by atoms with Crippen molar-refractivity contribution < 1.29 is 28.4 Å². The largest absolute Gasteiger partial charge is 0.494 e. The van der Waals surface area contributed by atoms with Crippen molar-refractivity contribution in [1.82, 2.24) is 10.2 Å². The van der Waals surface area contributed by atoms with Crippen molar-refractivity contribution >= 4 is 29.2 Å². The third-order valence-corrected chi connectivity index (χ3v) is 4.74. The van der Waals surface area contributed by atoms with Gasteiger partial charge in [0, 0.05) is 5.56 Å². The lowest BCUT2D eigenvalue weighted by atomic mass is 9.91. The monoisotopic (exact) mass is 430 g/mol. The number of hydrogen-bond acceptors (Lipinski definition) is 6. The van der Waals surface area contributed by atoms with E-state index in [2.05, 4.69) is 10.6 Å². The molecule has 3 rings (SSSR count). The van der Waals surface area contributed by atoms with Crippen LogP contribution in [0.1, 0.15) is 19.4 Å². The van der Waals surface area contributed by atoms with E-state index in [1.807, 2.05) is 0 Å². The molecule has 10 nitrogen and oxygen atoms in total. The highest BCUT2D eigenvalue weighted by Crippen LogP contribution is 2.31. The summed E-state index contributed by atoms with van der Waals surface area (Å²) in [5, 5.41) is 16.0. The maximum Gasteiger partial charge on any atom is 0.325 e. The van der Waals surface area contributed by atoms with Crippen LogP contribution in [0.15, 0.2) is 42.5 Å². The molecule has 1 unspecified atom stereocenters.